The fraction of sp³-hybridized carbons (Fsp3) is 0.0625. The minimum absolute atomic E-state index is 0.0980. The quantitative estimate of drug-likeness (QED) is 0.349. The topological polar surface area (TPSA) is 145 Å². The highest BCUT2D eigenvalue weighted by atomic mass is 32.1. The van der Waals surface area contributed by atoms with E-state index in [1.165, 1.54) is 22.1 Å². The average molecular weight is 394 g/mol. The van der Waals surface area contributed by atoms with Crippen LogP contribution in [0.25, 0.3) is 10.6 Å². The highest BCUT2D eigenvalue weighted by Crippen LogP contribution is 2.44. The summed E-state index contributed by atoms with van der Waals surface area (Å²) in [6.45, 7) is 0. The summed E-state index contributed by atoms with van der Waals surface area (Å²) < 4.78 is 1.42. The van der Waals surface area contributed by atoms with Crippen LogP contribution in [0.4, 0.5) is 17.3 Å². The first-order valence-corrected chi connectivity index (χ1v) is 8.98. The van der Waals surface area contributed by atoms with Crippen LogP contribution < -0.4 is 10.9 Å². The molecule has 0 amide bonds. The molecule has 5 rings (SSSR count). The molecule has 0 saturated carbocycles. The van der Waals surface area contributed by atoms with E-state index in [-0.39, 0.29) is 17.3 Å². The number of nitrogens with one attached hydrogen (secondary N) is 2. The van der Waals surface area contributed by atoms with Crippen molar-refractivity contribution in [3.05, 3.63) is 73.4 Å². The lowest BCUT2D eigenvalue weighted by atomic mass is 9.93. The molecule has 0 aliphatic carbocycles. The van der Waals surface area contributed by atoms with E-state index in [0.29, 0.717) is 16.8 Å². The van der Waals surface area contributed by atoms with Gasteiger partial charge in [0, 0.05) is 11.6 Å². The highest BCUT2D eigenvalue weighted by molar-refractivity contribution is 7.13. The molecule has 0 spiro atoms. The minimum atomic E-state index is -0.797. The summed E-state index contributed by atoms with van der Waals surface area (Å²) in [5, 5.41) is 34.7. The van der Waals surface area contributed by atoms with Gasteiger partial charge in [0.1, 0.15) is 17.4 Å². The van der Waals surface area contributed by atoms with E-state index < -0.39 is 16.5 Å². The summed E-state index contributed by atoms with van der Waals surface area (Å²) in [4.78, 5) is 24.5. The predicted molar refractivity (Wildman–Crippen MR) is 99.6 cm³/mol. The second-order valence-corrected chi connectivity index (χ2v) is 6.91. The van der Waals surface area contributed by atoms with Gasteiger partial charge in [-0.05, 0) is 27.9 Å². The maximum Gasteiger partial charge on any atom is 0.288 e. The summed E-state index contributed by atoms with van der Waals surface area (Å²) in [5.41, 5.74) is 0.979. The number of benzene rings is 1. The van der Waals surface area contributed by atoms with E-state index in [2.05, 4.69) is 31.0 Å². The Morgan fingerprint density at radius 3 is 2.86 bits per heavy atom. The second-order valence-electron chi connectivity index (χ2n) is 5.96. The van der Waals surface area contributed by atoms with E-state index in [1.807, 2.05) is 17.5 Å². The molecule has 1 aliphatic heterocycles. The fourth-order valence-electron chi connectivity index (χ4n) is 3.31. The summed E-state index contributed by atoms with van der Waals surface area (Å²) in [6.07, 6.45) is 0. The number of nitro benzene ring substituents is 1. The zero-order valence-corrected chi connectivity index (χ0v) is 14.8. The average Bonchev–Trinajstić information content (AvgIpc) is 3.39. The third-order valence-electron chi connectivity index (χ3n) is 4.45. The number of aromatic nitrogens is 6. The first kappa shape index (κ1) is 16.3. The Hall–Kier alpha value is -3.93. The Kier molecular flexibility index (Phi) is 3.52. The van der Waals surface area contributed by atoms with Crippen LogP contribution >= 0.6 is 11.3 Å². The van der Waals surface area contributed by atoms with Gasteiger partial charge < -0.3 is 5.32 Å². The van der Waals surface area contributed by atoms with Gasteiger partial charge in [0.15, 0.2) is 0 Å². The largest absolute Gasteiger partial charge is 0.318 e. The molecule has 1 aromatic carbocycles. The van der Waals surface area contributed by atoms with Gasteiger partial charge >= 0.3 is 0 Å². The molecule has 11 nitrogen and oxygen atoms in total. The first-order valence-electron chi connectivity index (χ1n) is 8.10. The lowest BCUT2D eigenvalue weighted by Gasteiger charge is -2.27. The summed E-state index contributed by atoms with van der Waals surface area (Å²) in [5.74, 6) is 0.212. The molecule has 3 aromatic heterocycles. The van der Waals surface area contributed by atoms with Gasteiger partial charge in [-0.25, -0.2) is 5.10 Å². The Bertz CT molecular complexity index is 1260. The van der Waals surface area contributed by atoms with Crippen molar-refractivity contribution in [1.82, 2.24) is 30.4 Å². The van der Waals surface area contributed by atoms with Crippen LogP contribution in [-0.2, 0) is 0 Å². The lowest BCUT2D eigenvalue weighted by Crippen LogP contribution is -2.29. The van der Waals surface area contributed by atoms with Crippen molar-refractivity contribution in [2.45, 2.75) is 6.04 Å². The maximum atomic E-state index is 12.5. The van der Waals surface area contributed by atoms with Gasteiger partial charge in [-0.15, -0.1) is 11.3 Å². The molecule has 0 radical (unpaired) electrons. The molecule has 12 heteroatoms. The molecule has 1 atom stereocenters. The lowest BCUT2D eigenvalue weighted by molar-refractivity contribution is -0.385. The number of fused-ring (bicyclic) bond motifs is 2. The van der Waals surface area contributed by atoms with Crippen LogP contribution in [0.1, 0.15) is 17.2 Å². The Morgan fingerprint density at radius 2 is 2.07 bits per heavy atom. The van der Waals surface area contributed by atoms with E-state index in [9.17, 15) is 14.9 Å². The van der Waals surface area contributed by atoms with Gasteiger partial charge in [-0.1, -0.05) is 23.3 Å². The molecule has 4 heterocycles. The molecule has 138 valence electrons. The second kappa shape index (κ2) is 6.06. The van der Waals surface area contributed by atoms with E-state index in [4.69, 9.17) is 0 Å². The molecule has 0 saturated heterocycles. The molecular weight excluding hydrogens is 384 g/mol. The number of anilines is 2. The van der Waals surface area contributed by atoms with Crippen molar-refractivity contribution in [3.8, 4) is 10.6 Å². The third kappa shape index (κ3) is 2.31. The van der Waals surface area contributed by atoms with Crippen LogP contribution in [0, 0.1) is 10.1 Å². The van der Waals surface area contributed by atoms with E-state index in [0.717, 1.165) is 4.88 Å². The van der Waals surface area contributed by atoms with Gasteiger partial charge in [-0.2, -0.15) is 9.78 Å². The molecule has 0 bridgehead atoms. The summed E-state index contributed by atoms with van der Waals surface area (Å²) in [6, 6.07) is 9.24. The van der Waals surface area contributed by atoms with E-state index in [1.54, 1.807) is 18.2 Å². The molecule has 4 aromatic rings. The zero-order valence-electron chi connectivity index (χ0n) is 13.9. The zero-order chi connectivity index (χ0) is 19.3. The van der Waals surface area contributed by atoms with Gasteiger partial charge in [0.2, 0.25) is 5.95 Å². The maximum absolute atomic E-state index is 12.5. The number of hydrogen-bond donors (Lipinski definition) is 2. The number of H-pyrrole nitrogens is 1. The normalized spacial score (nSPS) is 14.8. The molecule has 2 N–H and O–H groups in total. The number of rotatable bonds is 3. The fourth-order valence-corrected chi connectivity index (χ4v) is 4.04. The first-order chi connectivity index (χ1) is 13.6. The number of para-hydroxylation sites is 1. The van der Waals surface area contributed by atoms with Crippen LogP contribution in [0.3, 0.4) is 0 Å². The number of nitro groups is 1. The Balaban J connectivity index is 1.87. The Morgan fingerprint density at radius 1 is 1.21 bits per heavy atom. The van der Waals surface area contributed by atoms with Gasteiger partial charge in [0.25, 0.3) is 11.2 Å². The molecule has 0 unspecified atom stereocenters. The van der Waals surface area contributed by atoms with Gasteiger partial charge in [0.05, 0.1) is 15.4 Å². The van der Waals surface area contributed by atoms with Crippen molar-refractivity contribution < 1.29 is 4.92 Å². The Labute approximate surface area is 159 Å². The standard InChI is InChI=1S/C16H10N8O3S/c25-15-13-11(12(18-19-15)10-6-3-7-28-10)14(23-16(17-13)20-21-22-23)8-4-1-2-5-9(8)24(26)27/h1-7,14H,(H,19,25)(H,17,20,22)/t14-/m0/s1. The molecule has 1 aliphatic rings. The molecular formula is C16H10N8O3S. The monoisotopic (exact) mass is 394 g/mol. The van der Waals surface area contributed by atoms with Crippen LogP contribution in [0.15, 0.2) is 46.6 Å². The highest BCUT2D eigenvalue weighted by Gasteiger charge is 2.37. The van der Waals surface area contributed by atoms with Crippen molar-refractivity contribution in [3.63, 3.8) is 0 Å². The minimum Gasteiger partial charge on any atom is -0.318 e. The third-order valence-corrected chi connectivity index (χ3v) is 5.33. The molecule has 0 fully saturated rings. The van der Waals surface area contributed by atoms with Crippen LogP contribution in [0.2, 0.25) is 0 Å². The van der Waals surface area contributed by atoms with Crippen LogP contribution in [-0.4, -0.2) is 35.3 Å². The number of thiophene rings is 1. The van der Waals surface area contributed by atoms with Gasteiger partial charge in [-0.3, -0.25) is 14.9 Å². The van der Waals surface area contributed by atoms with Crippen molar-refractivity contribution >= 4 is 28.7 Å². The summed E-state index contributed by atoms with van der Waals surface area (Å²) in [7, 11) is 0. The molecule has 28 heavy (non-hydrogen) atoms. The number of nitrogens with zero attached hydrogens (tertiary/aromatic N) is 6. The van der Waals surface area contributed by atoms with E-state index >= 15 is 0 Å². The van der Waals surface area contributed by atoms with Crippen molar-refractivity contribution in [2.75, 3.05) is 5.32 Å². The number of tetrazole rings is 1. The SMILES string of the molecule is O=c1[nH]nc(-c2cccs2)c2c1Nc1nnnn1[C@H]2c1ccccc1[N+](=O)[O-]. The summed E-state index contributed by atoms with van der Waals surface area (Å²) >= 11 is 1.44. The van der Waals surface area contributed by atoms with Crippen LogP contribution in [0.5, 0.6) is 0 Å². The smallest absolute Gasteiger partial charge is 0.288 e. The predicted octanol–water partition coefficient (Wildman–Crippen LogP) is 2.09. The number of aromatic amines is 1. The number of hydrogen-bond acceptors (Lipinski definition) is 9. The van der Waals surface area contributed by atoms with Crippen molar-refractivity contribution in [2.24, 2.45) is 0 Å². The van der Waals surface area contributed by atoms with Crippen molar-refractivity contribution in [1.29, 1.82) is 0 Å².